The number of nitrogens with zero attached hydrogens (tertiary/aromatic N) is 1. The zero-order chi connectivity index (χ0) is 15.9. The van der Waals surface area contributed by atoms with Crippen molar-refractivity contribution in [1.29, 1.82) is 0 Å². The highest BCUT2D eigenvalue weighted by Gasteiger charge is 2.07. The second-order valence-electron chi connectivity index (χ2n) is 4.45. The summed E-state index contributed by atoms with van der Waals surface area (Å²) in [5, 5.41) is 20.4. The smallest absolute Gasteiger partial charge is 0.335 e. The monoisotopic (exact) mass is 301 g/mol. The molecular weight excluding hydrogens is 286 g/mol. The molecule has 2 aromatic carbocycles. The molecule has 0 saturated carbocycles. The topological polar surface area (TPSA) is 88.4 Å². The zero-order valence-corrected chi connectivity index (χ0v) is 11.9. The summed E-state index contributed by atoms with van der Waals surface area (Å²) in [7, 11) is 1.51. The van der Waals surface area contributed by atoms with E-state index in [0.29, 0.717) is 17.1 Å². The van der Waals surface area contributed by atoms with E-state index in [1.807, 2.05) is 0 Å². The van der Waals surface area contributed by atoms with Crippen molar-refractivity contribution < 1.29 is 24.6 Å². The van der Waals surface area contributed by atoms with Gasteiger partial charge in [-0.05, 0) is 35.9 Å². The maximum atomic E-state index is 10.9. The fourth-order valence-corrected chi connectivity index (χ4v) is 1.91. The highest BCUT2D eigenvalue weighted by atomic mass is 16.5. The van der Waals surface area contributed by atoms with E-state index in [4.69, 9.17) is 19.8 Å². The fourth-order valence-electron chi connectivity index (χ4n) is 1.91. The minimum atomic E-state index is -0.980. The summed E-state index contributed by atoms with van der Waals surface area (Å²) < 4.78 is 10.9. The molecule has 0 bridgehead atoms. The molecule has 0 amide bonds. The molecule has 2 N–H and O–H groups in total. The van der Waals surface area contributed by atoms with Crippen molar-refractivity contribution >= 4 is 12.2 Å². The minimum Gasteiger partial charge on any atom is -0.493 e. The normalized spacial score (nSPS) is 10.6. The Morgan fingerprint density at radius 3 is 2.73 bits per heavy atom. The van der Waals surface area contributed by atoms with Crippen LogP contribution >= 0.6 is 0 Å². The summed E-state index contributed by atoms with van der Waals surface area (Å²) in [4.78, 5) is 10.9. The number of hydrogen-bond donors (Lipinski definition) is 2. The Morgan fingerprint density at radius 1 is 1.23 bits per heavy atom. The Bertz CT molecular complexity index is 697. The van der Waals surface area contributed by atoms with Gasteiger partial charge >= 0.3 is 5.97 Å². The van der Waals surface area contributed by atoms with Gasteiger partial charge in [0.05, 0.1) is 18.9 Å². The lowest BCUT2D eigenvalue weighted by molar-refractivity contribution is 0.0696. The lowest BCUT2D eigenvalue weighted by Gasteiger charge is -2.11. The third kappa shape index (κ3) is 3.76. The zero-order valence-electron chi connectivity index (χ0n) is 11.9. The highest BCUT2D eigenvalue weighted by Crippen LogP contribution is 2.28. The molecule has 2 aromatic rings. The molecule has 2 rings (SSSR count). The maximum Gasteiger partial charge on any atom is 0.335 e. The van der Waals surface area contributed by atoms with Gasteiger partial charge in [-0.15, -0.1) is 0 Å². The van der Waals surface area contributed by atoms with Crippen LogP contribution in [-0.2, 0) is 6.61 Å². The van der Waals surface area contributed by atoms with Gasteiger partial charge in [0.2, 0.25) is 0 Å². The Labute approximate surface area is 127 Å². The van der Waals surface area contributed by atoms with Crippen LogP contribution in [0.1, 0.15) is 21.5 Å². The van der Waals surface area contributed by atoms with Crippen LogP contribution in [0.15, 0.2) is 47.6 Å². The van der Waals surface area contributed by atoms with Crippen LogP contribution in [0.25, 0.3) is 0 Å². The average molecular weight is 301 g/mol. The molecule has 0 unspecified atom stereocenters. The summed E-state index contributed by atoms with van der Waals surface area (Å²) in [6, 6.07) is 11.6. The Balaban J connectivity index is 2.14. The van der Waals surface area contributed by atoms with Crippen molar-refractivity contribution in [1.82, 2.24) is 0 Å². The molecule has 0 heterocycles. The predicted molar refractivity (Wildman–Crippen MR) is 80.1 cm³/mol. The second-order valence-corrected chi connectivity index (χ2v) is 4.45. The fraction of sp³-hybridized carbons (Fsp3) is 0.125. The predicted octanol–water partition coefficient (Wildman–Crippen LogP) is 2.78. The SMILES string of the molecule is COc1cc(/C=N\O)ccc1OCc1cccc(C(=O)O)c1. The van der Waals surface area contributed by atoms with Crippen molar-refractivity contribution in [3.8, 4) is 11.5 Å². The van der Waals surface area contributed by atoms with Gasteiger partial charge in [0, 0.05) is 5.56 Å². The summed E-state index contributed by atoms with van der Waals surface area (Å²) in [6.07, 6.45) is 1.28. The second kappa shape index (κ2) is 7.12. The van der Waals surface area contributed by atoms with Crippen LogP contribution in [0.5, 0.6) is 11.5 Å². The first-order valence-electron chi connectivity index (χ1n) is 6.44. The molecular formula is C16H15NO5. The Morgan fingerprint density at radius 2 is 2.05 bits per heavy atom. The molecule has 0 aromatic heterocycles. The van der Waals surface area contributed by atoms with Crippen LogP contribution in [0.2, 0.25) is 0 Å². The molecule has 0 saturated heterocycles. The summed E-state index contributed by atoms with van der Waals surface area (Å²) in [6.45, 7) is 0.213. The third-order valence-electron chi connectivity index (χ3n) is 2.96. The number of benzene rings is 2. The van der Waals surface area contributed by atoms with E-state index in [9.17, 15) is 4.79 Å². The lowest BCUT2D eigenvalue weighted by atomic mass is 10.1. The van der Waals surface area contributed by atoms with Gasteiger partial charge in [-0.3, -0.25) is 0 Å². The maximum absolute atomic E-state index is 10.9. The van der Waals surface area contributed by atoms with Crippen molar-refractivity contribution in [2.75, 3.05) is 7.11 Å². The van der Waals surface area contributed by atoms with Crippen LogP contribution < -0.4 is 9.47 Å². The van der Waals surface area contributed by atoms with Gasteiger partial charge in [0.25, 0.3) is 0 Å². The molecule has 6 heteroatoms. The standard InChI is InChI=1S/C16H15NO5/c1-21-15-8-11(9-17-20)5-6-14(15)22-10-12-3-2-4-13(7-12)16(18)19/h2-9,20H,10H2,1H3,(H,18,19)/b17-9-. The molecule has 0 aliphatic carbocycles. The van der Waals surface area contributed by atoms with E-state index >= 15 is 0 Å². The Kier molecular flexibility index (Phi) is 4.98. The van der Waals surface area contributed by atoms with Crippen LogP contribution in [0, 0.1) is 0 Å². The van der Waals surface area contributed by atoms with Gasteiger partial charge in [-0.25, -0.2) is 4.79 Å². The number of carboxylic acid groups (broad SMARTS) is 1. The Hall–Kier alpha value is -3.02. The third-order valence-corrected chi connectivity index (χ3v) is 2.96. The first-order valence-corrected chi connectivity index (χ1v) is 6.44. The van der Waals surface area contributed by atoms with E-state index < -0.39 is 5.97 Å². The van der Waals surface area contributed by atoms with Gasteiger partial charge < -0.3 is 19.8 Å². The molecule has 114 valence electrons. The summed E-state index contributed by atoms with van der Waals surface area (Å²) in [5.41, 5.74) is 1.62. The number of carboxylic acids is 1. The molecule has 0 fully saturated rings. The van der Waals surface area contributed by atoms with Crippen LogP contribution in [0.3, 0.4) is 0 Å². The highest BCUT2D eigenvalue weighted by molar-refractivity contribution is 5.87. The van der Waals surface area contributed by atoms with Crippen molar-refractivity contribution in [2.24, 2.45) is 5.16 Å². The average Bonchev–Trinajstić information content (AvgIpc) is 2.54. The molecule has 0 aliphatic rings. The number of rotatable bonds is 6. The number of hydrogen-bond acceptors (Lipinski definition) is 5. The quantitative estimate of drug-likeness (QED) is 0.486. The molecule has 6 nitrogen and oxygen atoms in total. The van der Waals surface area contributed by atoms with Crippen LogP contribution in [-0.4, -0.2) is 29.6 Å². The largest absolute Gasteiger partial charge is 0.493 e. The van der Waals surface area contributed by atoms with Gasteiger partial charge in [0.15, 0.2) is 11.5 Å². The van der Waals surface area contributed by atoms with Gasteiger partial charge in [0.1, 0.15) is 6.61 Å². The van der Waals surface area contributed by atoms with E-state index in [1.54, 1.807) is 36.4 Å². The van der Waals surface area contributed by atoms with Crippen molar-refractivity contribution in [2.45, 2.75) is 6.61 Å². The lowest BCUT2D eigenvalue weighted by Crippen LogP contribution is -2.01. The minimum absolute atomic E-state index is 0.211. The van der Waals surface area contributed by atoms with E-state index in [1.165, 1.54) is 19.4 Å². The van der Waals surface area contributed by atoms with E-state index in [2.05, 4.69) is 5.16 Å². The molecule has 0 atom stereocenters. The first kappa shape index (κ1) is 15.4. The van der Waals surface area contributed by atoms with E-state index in [0.717, 1.165) is 5.56 Å². The van der Waals surface area contributed by atoms with Crippen molar-refractivity contribution in [3.63, 3.8) is 0 Å². The van der Waals surface area contributed by atoms with Gasteiger partial charge in [-0.2, -0.15) is 0 Å². The number of carbonyl (C=O) groups is 1. The molecule has 0 spiro atoms. The number of methoxy groups -OCH3 is 1. The van der Waals surface area contributed by atoms with Crippen LogP contribution in [0.4, 0.5) is 0 Å². The van der Waals surface area contributed by atoms with Gasteiger partial charge in [-0.1, -0.05) is 17.3 Å². The number of oxime groups is 1. The molecule has 0 aliphatic heterocycles. The summed E-state index contributed by atoms with van der Waals surface area (Å²) >= 11 is 0. The number of aromatic carboxylic acids is 1. The molecule has 22 heavy (non-hydrogen) atoms. The number of ether oxygens (including phenoxy) is 2. The summed E-state index contributed by atoms with van der Waals surface area (Å²) in [5.74, 6) is 0.0252. The first-order chi connectivity index (χ1) is 10.6. The molecule has 0 radical (unpaired) electrons. The van der Waals surface area contributed by atoms with Crippen molar-refractivity contribution in [3.05, 3.63) is 59.2 Å². The van der Waals surface area contributed by atoms with E-state index in [-0.39, 0.29) is 12.2 Å².